The van der Waals surface area contributed by atoms with Gasteiger partial charge in [0.15, 0.2) is 0 Å². The van der Waals surface area contributed by atoms with Crippen LogP contribution in [0, 0.1) is 17.6 Å². The van der Waals surface area contributed by atoms with E-state index in [1.54, 1.807) is 0 Å². The quantitative estimate of drug-likeness (QED) is 0.907. The fourth-order valence-corrected chi connectivity index (χ4v) is 4.16. The van der Waals surface area contributed by atoms with Gasteiger partial charge in [0.05, 0.1) is 17.0 Å². The third kappa shape index (κ3) is 3.53. The number of hydrogen-bond acceptors (Lipinski definition) is 3. The predicted octanol–water partition coefficient (Wildman–Crippen LogP) is 3.44. The van der Waals surface area contributed by atoms with Gasteiger partial charge in [-0.15, -0.1) is 0 Å². The van der Waals surface area contributed by atoms with E-state index in [4.69, 9.17) is 0 Å². The normalized spacial score (nSPS) is 21.5. The molecular weight excluding hydrogens is 334 g/mol. The third-order valence-electron chi connectivity index (χ3n) is 5.66. The second kappa shape index (κ2) is 7.08. The molecule has 0 radical (unpaired) electrons. The highest BCUT2D eigenvalue weighted by atomic mass is 19.1. The molecule has 0 bridgehead atoms. The first-order valence-corrected chi connectivity index (χ1v) is 9.49. The number of likely N-dealkylation sites (tertiary alicyclic amines) is 1. The van der Waals surface area contributed by atoms with Crippen LogP contribution in [-0.4, -0.2) is 52.0 Å². The molecule has 4 rings (SSSR count). The number of benzene rings is 1. The number of imidazole rings is 1. The Balaban J connectivity index is 1.44. The second-order valence-electron chi connectivity index (χ2n) is 7.86. The standard InChI is InChI=1S/C20H26F2N4/c1-13(2)26-8-5-14(11-26)10-25-7-6-18-19(12-25)24-20(23-18)16-4-3-15(21)9-17(16)22/h3-4,9,13-14H,5-8,10-12H2,1-2H3,(H,23,24)/t14-/m1/s1. The number of aromatic amines is 1. The summed E-state index contributed by atoms with van der Waals surface area (Å²) in [5.41, 5.74) is 2.40. The highest BCUT2D eigenvalue weighted by Gasteiger charge is 2.28. The lowest BCUT2D eigenvalue weighted by molar-refractivity contribution is 0.200. The van der Waals surface area contributed by atoms with Gasteiger partial charge in [-0.1, -0.05) is 0 Å². The summed E-state index contributed by atoms with van der Waals surface area (Å²) in [6.45, 7) is 9.80. The van der Waals surface area contributed by atoms with E-state index in [0.717, 1.165) is 49.4 Å². The largest absolute Gasteiger partial charge is 0.340 e. The van der Waals surface area contributed by atoms with Gasteiger partial charge in [-0.25, -0.2) is 13.8 Å². The molecular formula is C20H26F2N4. The number of hydrogen-bond donors (Lipinski definition) is 1. The van der Waals surface area contributed by atoms with Gasteiger partial charge in [-0.2, -0.15) is 0 Å². The molecule has 2 aliphatic rings. The van der Waals surface area contributed by atoms with E-state index in [2.05, 4.69) is 33.6 Å². The van der Waals surface area contributed by atoms with E-state index < -0.39 is 11.6 Å². The van der Waals surface area contributed by atoms with Crippen molar-refractivity contribution in [2.24, 2.45) is 5.92 Å². The van der Waals surface area contributed by atoms with Crippen LogP contribution in [0.15, 0.2) is 18.2 Å². The topological polar surface area (TPSA) is 35.2 Å². The van der Waals surface area contributed by atoms with Crippen LogP contribution in [0.25, 0.3) is 11.4 Å². The molecule has 0 amide bonds. The maximum absolute atomic E-state index is 14.0. The van der Waals surface area contributed by atoms with Crippen molar-refractivity contribution in [3.05, 3.63) is 41.2 Å². The lowest BCUT2D eigenvalue weighted by Crippen LogP contribution is -2.36. The average Bonchev–Trinajstić information content (AvgIpc) is 3.21. The number of nitrogens with one attached hydrogen (secondary N) is 1. The molecule has 1 aromatic carbocycles. The van der Waals surface area contributed by atoms with E-state index in [9.17, 15) is 8.78 Å². The molecule has 2 aromatic rings. The van der Waals surface area contributed by atoms with Crippen LogP contribution in [0.4, 0.5) is 8.78 Å². The highest BCUT2D eigenvalue weighted by molar-refractivity contribution is 5.57. The van der Waals surface area contributed by atoms with Crippen LogP contribution in [0.5, 0.6) is 0 Å². The molecule has 0 aliphatic carbocycles. The number of nitrogens with zero attached hydrogens (tertiary/aromatic N) is 3. The summed E-state index contributed by atoms with van der Waals surface area (Å²) >= 11 is 0. The third-order valence-corrected chi connectivity index (χ3v) is 5.66. The SMILES string of the molecule is CC(C)N1CC[C@H](CN2CCc3nc(-c4ccc(F)cc4F)[nH]c3C2)C1. The number of halogens is 2. The van der Waals surface area contributed by atoms with Crippen LogP contribution in [0.1, 0.15) is 31.7 Å². The summed E-state index contributed by atoms with van der Waals surface area (Å²) in [6.07, 6.45) is 2.13. The Bertz CT molecular complexity index is 786. The summed E-state index contributed by atoms with van der Waals surface area (Å²) in [5, 5.41) is 0. The molecule has 1 atom stereocenters. The van der Waals surface area contributed by atoms with Gasteiger partial charge in [0.1, 0.15) is 17.5 Å². The molecule has 1 N–H and O–H groups in total. The number of H-pyrrole nitrogens is 1. The minimum absolute atomic E-state index is 0.329. The molecule has 4 nitrogen and oxygen atoms in total. The van der Waals surface area contributed by atoms with Crippen molar-refractivity contribution in [3.8, 4) is 11.4 Å². The van der Waals surface area contributed by atoms with Crippen molar-refractivity contribution in [3.63, 3.8) is 0 Å². The van der Waals surface area contributed by atoms with E-state index in [1.807, 2.05) is 0 Å². The molecule has 140 valence electrons. The van der Waals surface area contributed by atoms with Crippen LogP contribution >= 0.6 is 0 Å². The maximum Gasteiger partial charge on any atom is 0.140 e. The Morgan fingerprint density at radius 3 is 2.85 bits per heavy atom. The molecule has 1 saturated heterocycles. The lowest BCUT2D eigenvalue weighted by Gasteiger charge is -2.29. The van der Waals surface area contributed by atoms with Crippen LogP contribution in [0.3, 0.4) is 0 Å². The van der Waals surface area contributed by atoms with Gasteiger partial charge in [0, 0.05) is 44.7 Å². The molecule has 0 saturated carbocycles. The summed E-state index contributed by atoms with van der Waals surface area (Å²) in [4.78, 5) is 12.8. The molecule has 0 spiro atoms. The van der Waals surface area contributed by atoms with Crippen molar-refractivity contribution in [1.29, 1.82) is 0 Å². The Kier molecular flexibility index (Phi) is 4.80. The van der Waals surface area contributed by atoms with Gasteiger partial charge in [-0.3, -0.25) is 4.90 Å². The van der Waals surface area contributed by atoms with Gasteiger partial charge in [0.25, 0.3) is 0 Å². The summed E-state index contributed by atoms with van der Waals surface area (Å²) in [7, 11) is 0. The predicted molar refractivity (Wildman–Crippen MR) is 97.7 cm³/mol. The zero-order chi connectivity index (χ0) is 18.3. The van der Waals surface area contributed by atoms with E-state index >= 15 is 0 Å². The lowest BCUT2D eigenvalue weighted by atomic mass is 10.1. The summed E-state index contributed by atoms with van der Waals surface area (Å²) in [6, 6.07) is 4.25. The first-order chi connectivity index (χ1) is 12.5. The van der Waals surface area contributed by atoms with Crippen LogP contribution in [0.2, 0.25) is 0 Å². The maximum atomic E-state index is 14.0. The van der Waals surface area contributed by atoms with Crippen molar-refractivity contribution in [2.75, 3.05) is 26.2 Å². The number of rotatable bonds is 4. The second-order valence-corrected chi connectivity index (χ2v) is 7.86. The summed E-state index contributed by atoms with van der Waals surface area (Å²) in [5.74, 6) is 0.0746. The fourth-order valence-electron chi connectivity index (χ4n) is 4.16. The van der Waals surface area contributed by atoms with E-state index in [-0.39, 0.29) is 0 Å². The van der Waals surface area contributed by atoms with Crippen LogP contribution in [-0.2, 0) is 13.0 Å². The molecule has 0 unspecified atom stereocenters. The minimum Gasteiger partial charge on any atom is -0.340 e. The smallest absolute Gasteiger partial charge is 0.140 e. The average molecular weight is 360 g/mol. The minimum atomic E-state index is -0.576. The van der Waals surface area contributed by atoms with Gasteiger partial charge in [-0.05, 0) is 44.9 Å². The Morgan fingerprint density at radius 1 is 1.27 bits per heavy atom. The molecule has 6 heteroatoms. The zero-order valence-corrected chi connectivity index (χ0v) is 15.4. The zero-order valence-electron chi connectivity index (χ0n) is 15.4. The number of aromatic nitrogens is 2. The molecule has 3 heterocycles. The van der Waals surface area contributed by atoms with Crippen molar-refractivity contribution < 1.29 is 8.78 Å². The molecule has 2 aliphatic heterocycles. The Hall–Kier alpha value is -1.79. The number of fused-ring (bicyclic) bond motifs is 1. The summed E-state index contributed by atoms with van der Waals surface area (Å²) < 4.78 is 27.2. The molecule has 26 heavy (non-hydrogen) atoms. The van der Waals surface area contributed by atoms with Crippen molar-refractivity contribution in [1.82, 2.24) is 19.8 Å². The van der Waals surface area contributed by atoms with Crippen LogP contribution < -0.4 is 0 Å². The molecule has 1 aromatic heterocycles. The first kappa shape index (κ1) is 17.6. The Labute approximate surface area is 153 Å². The van der Waals surface area contributed by atoms with E-state index in [0.29, 0.717) is 17.4 Å². The molecule has 1 fully saturated rings. The van der Waals surface area contributed by atoms with Gasteiger partial charge < -0.3 is 9.88 Å². The monoisotopic (exact) mass is 360 g/mol. The fraction of sp³-hybridized carbons (Fsp3) is 0.550. The van der Waals surface area contributed by atoms with Gasteiger partial charge in [0.2, 0.25) is 0 Å². The van der Waals surface area contributed by atoms with Crippen molar-refractivity contribution in [2.45, 2.75) is 39.3 Å². The first-order valence-electron chi connectivity index (χ1n) is 9.49. The Morgan fingerprint density at radius 2 is 2.12 bits per heavy atom. The highest BCUT2D eigenvalue weighted by Crippen LogP contribution is 2.27. The van der Waals surface area contributed by atoms with Crippen molar-refractivity contribution >= 4 is 0 Å². The van der Waals surface area contributed by atoms with Gasteiger partial charge >= 0.3 is 0 Å². The van der Waals surface area contributed by atoms with E-state index in [1.165, 1.54) is 31.6 Å².